The molecule has 1 atom stereocenters. The zero-order valence-corrected chi connectivity index (χ0v) is 22.2. The van der Waals surface area contributed by atoms with E-state index in [0.717, 1.165) is 47.8 Å². The summed E-state index contributed by atoms with van der Waals surface area (Å²) in [6, 6.07) is 11.6. The summed E-state index contributed by atoms with van der Waals surface area (Å²) in [5.74, 6) is 0.898. The van der Waals surface area contributed by atoms with Crippen LogP contribution in [0.3, 0.4) is 0 Å². The van der Waals surface area contributed by atoms with Crippen molar-refractivity contribution >= 4 is 40.7 Å². The number of amides is 1. The predicted molar refractivity (Wildman–Crippen MR) is 154 cm³/mol. The van der Waals surface area contributed by atoms with Crippen LogP contribution in [0.2, 0.25) is 0 Å². The van der Waals surface area contributed by atoms with Gasteiger partial charge in [0.05, 0.1) is 29.9 Å². The van der Waals surface area contributed by atoms with Gasteiger partial charge in [0.2, 0.25) is 5.91 Å². The average Bonchev–Trinajstić information content (AvgIpc) is 2.93. The van der Waals surface area contributed by atoms with Gasteiger partial charge >= 0.3 is 0 Å². The van der Waals surface area contributed by atoms with Crippen LogP contribution < -0.4 is 25.6 Å². The van der Waals surface area contributed by atoms with Crippen molar-refractivity contribution in [1.29, 1.82) is 5.41 Å². The zero-order chi connectivity index (χ0) is 27.2. The molecule has 10 heteroatoms. The smallest absolute Gasteiger partial charge is 0.247 e. The maximum absolute atomic E-state index is 12.3. The highest BCUT2D eigenvalue weighted by molar-refractivity contribution is 6.02. The Labute approximate surface area is 223 Å². The first-order valence-electron chi connectivity index (χ1n) is 12.4. The lowest BCUT2D eigenvalue weighted by Gasteiger charge is -2.40. The van der Waals surface area contributed by atoms with Crippen LogP contribution in [0.4, 0.5) is 28.6 Å². The number of rotatable bonds is 9. The molecule has 38 heavy (non-hydrogen) atoms. The lowest BCUT2D eigenvalue weighted by Crippen LogP contribution is -2.50. The Kier molecular flexibility index (Phi) is 8.22. The van der Waals surface area contributed by atoms with Gasteiger partial charge in [0.15, 0.2) is 0 Å². The summed E-state index contributed by atoms with van der Waals surface area (Å²) in [7, 11) is 5.55. The molecule has 2 aromatic carbocycles. The second kappa shape index (κ2) is 11.7. The van der Waals surface area contributed by atoms with Crippen molar-refractivity contribution < 1.29 is 9.53 Å². The second-order valence-electron chi connectivity index (χ2n) is 9.18. The normalized spacial score (nSPS) is 15.5. The quantitative estimate of drug-likeness (QED) is 0.248. The number of nitrogens with one attached hydrogen (secondary N) is 4. The van der Waals surface area contributed by atoms with E-state index >= 15 is 0 Å². The van der Waals surface area contributed by atoms with E-state index < -0.39 is 0 Å². The van der Waals surface area contributed by atoms with Gasteiger partial charge in [0.1, 0.15) is 17.9 Å². The van der Waals surface area contributed by atoms with Gasteiger partial charge in [-0.2, -0.15) is 0 Å². The van der Waals surface area contributed by atoms with Crippen molar-refractivity contribution in [3.8, 4) is 17.0 Å². The third-order valence-corrected chi connectivity index (χ3v) is 6.60. The van der Waals surface area contributed by atoms with E-state index in [1.165, 1.54) is 18.6 Å². The minimum Gasteiger partial charge on any atom is -0.494 e. The molecular weight excluding hydrogens is 480 g/mol. The summed E-state index contributed by atoms with van der Waals surface area (Å²) in [4.78, 5) is 25.7. The molecular formula is C28H34N8O2. The molecule has 4 rings (SSSR count). The highest BCUT2D eigenvalue weighted by Gasteiger charge is 2.26. The molecule has 10 nitrogen and oxygen atoms in total. The van der Waals surface area contributed by atoms with E-state index in [1.807, 2.05) is 43.4 Å². The number of hydrogen-bond donors (Lipinski definition) is 4. The number of benzene rings is 2. The standard InChI is InChI=1S/C28H34N8O2/c1-6-28(37)34-23-12-24(26(38-5)14-25(23)36-10-9-35(4)16-18(36)2)33-27-13-22(31-17-32-27)19-7-8-20(15-29)21(11-19)30-3/h6-8,11-15,17-18,29-30H,1,9-10,16H2,2-5H3,(H,34,37)(H,31,32,33)/t18-/m1/s1. The van der Waals surface area contributed by atoms with Crippen LogP contribution in [-0.4, -0.2) is 73.9 Å². The van der Waals surface area contributed by atoms with Gasteiger partial charge in [-0.15, -0.1) is 0 Å². The number of anilines is 5. The fourth-order valence-electron chi connectivity index (χ4n) is 4.63. The molecule has 0 aliphatic carbocycles. The number of methoxy groups -OCH3 is 1. The van der Waals surface area contributed by atoms with Gasteiger partial charge < -0.3 is 35.9 Å². The molecule has 3 aromatic rings. The van der Waals surface area contributed by atoms with Crippen LogP contribution in [0.25, 0.3) is 11.3 Å². The van der Waals surface area contributed by atoms with Crippen LogP contribution in [0.15, 0.2) is 55.4 Å². The molecule has 0 unspecified atom stereocenters. The van der Waals surface area contributed by atoms with Gasteiger partial charge in [0, 0.05) is 67.9 Å². The number of likely N-dealkylation sites (N-methyl/N-ethyl adjacent to an activating group) is 1. The lowest BCUT2D eigenvalue weighted by molar-refractivity contribution is -0.111. The molecule has 1 saturated heterocycles. The monoisotopic (exact) mass is 514 g/mol. The Morgan fingerprint density at radius 1 is 1.16 bits per heavy atom. The van der Waals surface area contributed by atoms with Crippen LogP contribution in [0, 0.1) is 5.41 Å². The first kappa shape index (κ1) is 26.6. The first-order valence-corrected chi connectivity index (χ1v) is 12.4. The molecule has 1 aliphatic heterocycles. The van der Waals surface area contributed by atoms with E-state index in [2.05, 4.69) is 56.3 Å². The fourth-order valence-corrected chi connectivity index (χ4v) is 4.63. The Bertz CT molecular complexity index is 1340. The predicted octanol–water partition coefficient (Wildman–Crippen LogP) is 4.20. The zero-order valence-electron chi connectivity index (χ0n) is 22.2. The van der Waals surface area contributed by atoms with Crippen molar-refractivity contribution in [3.05, 3.63) is 60.9 Å². The average molecular weight is 515 g/mol. The summed E-state index contributed by atoms with van der Waals surface area (Å²) in [5.41, 5.74) is 5.42. The lowest BCUT2D eigenvalue weighted by atomic mass is 10.1. The molecule has 4 N–H and O–H groups in total. The molecule has 0 saturated carbocycles. The number of aromatic nitrogens is 2. The van der Waals surface area contributed by atoms with Gasteiger partial charge in [-0.3, -0.25) is 4.79 Å². The second-order valence-corrected chi connectivity index (χ2v) is 9.18. The van der Waals surface area contributed by atoms with Crippen molar-refractivity contribution in [2.45, 2.75) is 13.0 Å². The van der Waals surface area contributed by atoms with Crippen LogP contribution in [0.1, 0.15) is 12.5 Å². The third kappa shape index (κ3) is 5.76. The van der Waals surface area contributed by atoms with Crippen LogP contribution in [-0.2, 0) is 4.79 Å². The first-order chi connectivity index (χ1) is 18.4. The third-order valence-electron chi connectivity index (χ3n) is 6.60. The summed E-state index contributed by atoms with van der Waals surface area (Å²) in [5, 5.41) is 17.0. The van der Waals surface area contributed by atoms with Crippen molar-refractivity contribution in [2.24, 2.45) is 0 Å². The molecule has 198 valence electrons. The maximum atomic E-state index is 12.3. The SMILES string of the molecule is C=CC(=O)Nc1cc(Nc2cc(-c3ccc(C=N)c(NC)c3)ncn2)c(OC)cc1N1CCN(C)C[C@H]1C. The Balaban J connectivity index is 1.70. The summed E-state index contributed by atoms with van der Waals surface area (Å²) >= 11 is 0. The van der Waals surface area contributed by atoms with E-state index in [4.69, 9.17) is 10.1 Å². The number of carbonyl (C=O) groups is 1. The molecule has 0 spiro atoms. The highest BCUT2D eigenvalue weighted by Crippen LogP contribution is 2.40. The van der Waals surface area contributed by atoms with Crippen LogP contribution in [0.5, 0.6) is 5.75 Å². The highest BCUT2D eigenvalue weighted by atomic mass is 16.5. The molecule has 0 bridgehead atoms. The van der Waals surface area contributed by atoms with Gasteiger partial charge in [-0.25, -0.2) is 9.97 Å². The number of ether oxygens (including phenoxy) is 1. The molecule has 2 heterocycles. The number of nitrogens with zero attached hydrogens (tertiary/aromatic N) is 4. The summed E-state index contributed by atoms with van der Waals surface area (Å²) < 4.78 is 5.76. The van der Waals surface area contributed by atoms with Crippen molar-refractivity contribution in [3.63, 3.8) is 0 Å². The minimum atomic E-state index is -0.290. The summed E-state index contributed by atoms with van der Waals surface area (Å²) in [6.45, 7) is 8.43. The number of hydrogen-bond acceptors (Lipinski definition) is 9. The minimum absolute atomic E-state index is 0.252. The molecule has 1 aliphatic rings. The van der Waals surface area contributed by atoms with E-state index in [-0.39, 0.29) is 11.9 Å². The van der Waals surface area contributed by atoms with Gasteiger partial charge in [-0.1, -0.05) is 18.7 Å². The van der Waals surface area contributed by atoms with Crippen molar-refractivity contribution in [1.82, 2.24) is 14.9 Å². The van der Waals surface area contributed by atoms with E-state index in [0.29, 0.717) is 22.9 Å². The number of piperazine rings is 1. The Morgan fingerprint density at radius 3 is 2.66 bits per heavy atom. The van der Waals surface area contributed by atoms with E-state index in [9.17, 15) is 4.79 Å². The number of carbonyl (C=O) groups excluding carboxylic acids is 1. The largest absolute Gasteiger partial charge is 0.494 e. The molecule has 1 aromatic heterocycles. The van der Waals surface area contributed by atoms with Crippen molar-refractivity contribution in [2.75, 3.05) is 61.7 Å². The Hall–Kier alpha value is -4.44. The maximum Gasteiger partial charge on any atom is 0.247 e. The Morgan fingerprint density at radius 2 is 1.97 bits per heavy atom. The topological polar surface area (TPSA) is 118 Å². The van der Waals surface area contributed by atoms with Crippen LogP contribution >= 0.6 is 0 Å². The molecule has 0 radical (unpaired) electrons. The van der Waals surface area contributed by atoms with Gasteiger partial charge in [-0.05, 0) is 32.2 Å². The van der Waals surface area contributed by atoms with Gasteiger partial charge in [0.25, 0.3) is 0 Å². The van der Waals surface area contributed by atoms with E-state index in [1.54, 1.807) is 7.11 Å². The molecule has 1 fully saturated rings. The summed E-state index contributed by atoms with van der Waals surface area (Å²) in [6.07, 6.45) is 4.06. The molecule has 1 amide bonds. The fraction of sp³-hybridized carbons (Fsp3) is 0.286.